The fraction of sp³-hybridized carbons (Fsp3) is 0.417. The fourth-order valence-corrected chi connectivity index (χ4v) is 1.60. The predicted octanol–water partition coefficient (Wildman–Crippen LogP) is 3.04. The summed E-state index contributed by atoms with van der Waals surface area (Å²) in [6, 6.07) is 0. The minimum absolute atomic E-state index is 0.117. The molecule has 0 heterocycles. The van der Waals surface area contributed by atoms with E-state index in [1.54, 1.807) is 0 Å². The van der Waals surface area contributed by atoms with Gasteiger partial charge in [-0.1, -0.05) is 36.8 Å². The molecule has 0 radical (unpaired) electrons. The second-order valence-electron chi connectivity index (χ2n) is 3.71. The van der Waals surface area contributed by atoms with Gasteiger partial charge >= 0.3 is 0 Å². The van der Waals surface area contributed by atoms with Crippen molar-refractivity contribution in [2.24, 2.45) is 5.92 Å². The molecule has 0 aliphatic heterocycles. The van der Waals surface area contributed by atoms with Gasteiger partial charge in [-0.05, 0) is 25.3 Å². The van der Waals surface area contributed by atoms with Crippen molar-refractivity contribution in [2.75, 3.05) is 0 Å². The Morgan fingerprint density at radius 3 is 2.92 bits per heavy atom. The maximum atomic E-state index is 11.1. The number of hydrogen-bond donors (Lipinski definition) is 0. The molecule has 70 valence electrons. The number of ketones is 1. The van der Waals surface area contributed by atoms with Crippen molar-refractivity contribution in [2.45, 2.75) is 26.7 Å². The first-order chi connectivity index (χ1) is 6.13. The summed E-state index contributed by atoms with van der Waals surface area (Å²) < 4.78 is 0. The van der Waals surface area contributed by atoms with Gasteiger partial charge in [0, 0.05) is 6.42 Å². The Labute approximate surface area is 79.8 Å². The van der Waals surface area contributed by atoms with Crippen LogP contribution in [0.4, 0.5) is 0 Å². The summed E-state index contributed by atoms with van der Waals surface area (Å²) in [6.07, 6.45) is 7.19. The summed E-state index contributed by atoms with van der Waals surface area (Å²) in [7, 11) is 0. The molecule has 1 rings (SSSR count). The van der Waals surface area contributed by atoms with E-state index in [-0.39, 0.29) is 5.78 Å². The highest BCUT2D eigenvalue weighted by Crippen LogP contribution is 2.26. The van der Waals surface area contributed by atoms with Gasteiger partial charge in [-0.15, -0.1) is 0 Å². The van der Waals surface area contributed by atoms with Crippen LogP contribution in [0, 0.1) is 5.92 Å². The molecular formula is C12H16O. The second kappa shape index (κ2) is 4.22. The number of carbonyl (C=O) groups is 1. The molecule has 1 nitrogen and oxygen atoms in total. The maximum absolute atomic E-state index is 11.1. The van der Waals surface area contributed by atoms with Gasteiger partial charge in [0.25, 0.3) is 0 Å². The number of rotatable bonds is 3. The normalized spacial score (nSPS) is 21.8. The lowest BCUT2D eigenvalue weighted by atomic mass is 9.86. The Balaban J connectivity index is 2.69. The van der Waals surface area contributed by atoms with Crippen LogP contribution in [0.5, 0.6) is 0 Å². The first kappa shape index (κ1) is 9.97. The van der Waals surface area contributed by atoms with E-state index in [9.17, 15) is 4.79 Å². The zero-order chi connectivity index (χ0) is 9.84. The topological polar surface area (TPSA) is 17.1 Å². The lowest BCUT2D eigenvalue weighted by molar-refractivity contribution is -0.114. The summed E-state index contributed by atoms with van der Waals surface area (Å²) in [5.74, 6) is 0.625. The SMILES string of the molecule is C=CC(=O)CC1=CC=C(C)CC1C. The first-order valence-electron chi connectivity index (χ1n) is 4.65. The summed E-state index contributed by atoms with van der Waals surface area (Å²) in [5.41, 5.74) is 2.62. The van der Waals surface area contributed by atoms with Crippen LogP contribution < -0.4 is 0 Å². The predicted molar refractivity (Wildman–Crippen MR) is 55.4 cm³/mol. The standard InChI is InChI=1S/C12H16O/c1-4-12(13)8-11-6-5-9(2)7-10(11)3/h4-6,10H,1,7-8H2,2-3H3. The van der Waals surface area contributed by atoms with Crippen LogP contribution in [0.25, 0.3) is 0 Å². The summed E-state index contributed by atoms with van der Waals surface area (Å²) >= 11 is 0. The molecule has 0 spiro atoms. The van der Waals surface area contributed by atoms with Gasteiger partial charge in [-0.25, -0.2) is 0 Å². The van der Waals surface area contributed by atoms with E-state index in [0.29, 0.717) is 12.3 Å². The molecule has 13 heavy (non-hydrogen) atoms. The van der Waals surface area contributed by atoms with Crippen molar-refractivity contribution in [1.82, 2.24) is 0 Å². The Morgan fingerprint density at radius 1 is 1.69 bits per heavy atom. The fourth-order valence-electron chi connectivity index (χ4n) is 1.60. The summed E-state index contributed by atoms with van der Waals surface area (Å²) in [6.45, 7) is 7.76. The van der Waals surface area contributed by atoms with E-state index < -0.39 is 0 Å². The van der Waals surface area contributed by atoms with Crippen molar-refractivity contribution in [1.29, 1.82) is 0 Å². The molecule has 0 N–H and O–H groups in total. The quantitative estimate of drug-likeness (QED) is 0.604. The highest BCUT2D eigenvalue weighted by molar-refractivity contribution is 5.91. The van der Waals surface area contributed by atoms with Crippen LogP contribution in [-0.4, -0.2) is 5.78 Å². The van der Waals surface area contributed by atoms with Crippen molar-refractivity contribution in [3.05, 3.63) is 36.0 Å². The molecule has 0 aromatic rings. The van der Waals surface area contributed by atoms with Gasteiger partial charge in [-0.2, -0.15) is 0 Å². The maximum Gasteiger partial charge on any atom is 0.159 e. The minimum Gasteiger partial charge on any atom is -0.295 e. The average molecular weight is 176 g/mol. The van der Waals surface area contributed by atoms with Crippen LogP contribution in [0.1, 0.15) is 26.7 Å². The Morgan fingerprint density at radius 2 is 2.38 bits per heavy atom. The van der Waals surface area contributed by atoms with Crippen molar-refractivity contribution < 1.29 is 4.79 Å². The average Bonchev–Trinajstić information content (AvgIpc) is 2.09. The van der Waals surface area contributed by atoms with Crippen LogP contribution in [0.2, 0.25) is 0 Å². The highest BCUT2D eigenvalue weighted by atomic mass is 16.1. The Kier molecular flexibility index (Phi) is 3.24. The lowest BCUT2D eigenvalue weighted by Crippen LogP contribution is -2.07. The molecule has 0 fully saturated rings. The van der Waals surface area contributed by atoms with E-state index in [1.807, 2.05) is 0 Å². The molecule has 0 saturated carbocycles. The highest BCUT2D eigenvalue weighted by Gasteiger charge is 2.14. The Bertz CT molecular complexity index is 281. The van der Waals surface area contributed by atoms with E-state index in [4.69, 9.17) is 0 Å². The third-order valence-corrected chi connectivity index (χ3v) is 2.45. The van der Waals surface area contributed by atoms with Gasteiger partial charge in [-0.3, -0.25) is 4.79 Å². The van der Waals surface area contributed by atoms with E-state index >= 15 is 0 Å². The molecule has 0 aromatic carbocycles. The number of carbonyl (C=O) groups excluding carboxylic acids is 1. The van der Waals surface area contributed by atoms with Crippen molar-refractivity contribution in [3.8, 4) is 0 Å². The third kappa shape index (κ3) is 2.69. The van der Waals surface area contributed by atoms with Crippen molar-refractivity contribution in [3.63, 3.8) is 0 Å². The zero-order valence-corrected chi connectivity index (χ0v) is 8.34. The smallest absolute Gasteiger partial charge is 0.159 e. The summed E-state index contributed by atoms with van der Waals surface area (Å²) in [4.78, 5) is 11.1. The van der Waals surface area contributed by atoms with Crippen LogP contribution >= 0.6 is 0 Å². The lowest BCUT2D eigenvalue weighted by Gasteiger charge is -2.18. The van der Waals surface area contributed by atoms with E-state index in [2.05, 4.69) is 32.6 Å². The van der Waals surface area contributed by atoms with Gasteiger partial charge in [0.2, 0.25) is 0 Å². The molecule has 0 aromatic heterocycles. The Hall–Kier alpha value is -1.11. The third-order valence-electron chi connectivity index (χ3n) is 2.45. The number of hydrogen-bond acceptors (Lipinski definition) is 1. The van der Waals surface area contributed by atoms with Gasteiger partial charge in [0.15, 0.2) is 5.78 Å². The summed E-state index contributed by atoms with van der Waals surface area (Å²) in [5, 5.41) is 0. The molecule has 0 bridgehead atoms. The molecule has 1 aliphatic rings. The van der Waals surface area contributed by atoms with E-state index in [0.717, 1.165) is 6.42 Å². The van der Waals surface area contributed by atoms with Crippen LogP contribution in [0.3, 0.4) is 0 Å². The van der Waals surface area contributed by atoms with Crippen LogP contribution in [0.15, 0.2) is 36.0 Å². The minimum atomic E-state index is 0.117. The number of allylic oxidation sites excluding steroid dienone is 5. The molecule has 1 unspecified atom stereocenters. The molecule has 1 aliphatic carbocycles. The molecule has 1 atom stereocenters. The molecule has 1 heteroatoms. The largest absolute Gasteiger partial charge is 0.295 e. The van der Waals surface area contributed by atoms with E-state index in [1.165, 1.54) is 17.2 Å². The molecular weight excluding hydrogens is 160 g/mol. The van der Waals surface area contributed by atoms with Gasteiger partial charge < -0.3 is 0 Å². The first-order valence-corrected chi connectivity index (χ1v) is 4.65. The van der Waals surface area contributed by atoms with Crippen molar-refractivity contribution >= 4 is 5.78 Å². The van der Waals surface area contributed by atoms with Crippen LogP contribution in [-0.2, 0) is 4.79 Å². The van der Waals surface area contributed by atoms with Gasteiger partial charge in [0.1, 0.15) is 0 Å². The molecule has 0 saturated heterocycles. The van der Waals surface area contributed by atoms with Gasteiger partial charge in [0.05, 0.1) is 0 Å². The second-order valence-corrected chi connectivity index (χ2v) is 3.71. The monoisotopic (exact) mass is 176 g/mol. The zero-order valence-electron chi connectivity index (χ0n) is 8.34. The molecule has 0 amide bonds.